The summed E-state index contributed by atoms with van der Waals surface area (Å²) in [4.78, 5) is 12.0. The quantitative estimate of drug-likeness (QED) is 0.327. The van der Waals surface area contributed by atoms with Gasteiger partial charge >= 0.3 is 0 Å². The number of nitrogens with zero attached hydrogens (tertiary/aromatic N) is 1. The fourth-order valence-electron chi connectivity index (χ4n) is 2.72. The van der Waals surface area contributed by atoms with Crippen LogP contribution in [0.25, 0.3) is 0 Å². The summed E-state index contributed by atoms with van der Waals surface area (Å²) >= 11 is 3.51. The highest BCUT2D eigenvalue weighted by Crippen LogP contribution is 2.36. The third kappa shape index (κ3) is 6.75. The Hall–Kier alpha value is -3.52. The zero-order valence-electron chi connectivity index (χ0n) is 17.7. The van der Waals surface area contributed by atoms with Crippen LogP contribution in [0.15, 0.2) is 76.3 Å². The average molecular weight is 499 g/mol. The lowest BCUT2D eigenvalue weighted by Gasteiger charge is -2.13. The van der Waals surface area contributed by atoms with Crippen molar-refractivity contribution < 1.29 is 23.7 Å². The van der Waals surface area contributed by atoms with Gasteiger partial charge in [0.05, 0.1) is 24.9 Å². The van der Waals surface area contributed by atoms with E-state index in [4.69, 9.17) is 18.9 Å². The standard InChI is InChI=1S/C24H23BrN2O5/c1-29-19-8-10-20(11-9-19)31-16-23(28)27-26-14-18-12-21(25)24(22(13-18)30-2)32-15-17-6-4-3-5-7-17/h3-14H,15-16H2,1-2H3,(H,27,28)/b26-14-. The molecule has 0 aliphatic heterocycles. The van der Waals surface area contributed by atoms with Crippen LogP contribution in [0, 0.1) is 0 Å². The van der Waals surface area contributed by atoms with E-state index in [2.05, 4.69) is 26.5 Å². The maximum Gasteiger partial charge on any atom is 0.277 e. The number of hydrogen-bond acceptors (Lipinski definition) is 6. The Bertz CT molecular complexity index is 1060. The molecule has 8 heteroatoms. The Morgan fingerprint density at radius 2 is 1.69 bits per heavy atom. The van der Waals surface area contributed by atoms with E-state index in [0.717, 1.165) is 11.1 Å². The molecule has 0 atom stereocenters. The lowest BCUT2D eigenvalue weighted by Crippen LogP contribution is -2.24. The predicted octanol–water partition coefficient (Wildman–Crippen LogP) is 4.57. The Morgan fingerprint density at radius 3 is 2.38 bits per heavy atom. The molecule has 0 aliphatic carbocycles. The van der Waals surface area contributed by atoms with E-state index in [9.17, 15) is 4.79 Å². The molecule has 1 amide bonds. The van der Waals surface area contributed by atoms with E-state index in [1.54, 1.807) is 44.6 Å². The van der Waals surface area contributed by atoms with Crippen molar-refractivity contribution in [3.8, 4) is 23.0 Å². The van der Waals surface area contributed by atoms with Crippen molar-refractivity contribution >= 4 is 28.1 Å². The Labute approximate surface area is 195 Å². The predicted molar refractivity (Wildman–Crippen MR) is 126 cm³/mol. The third-order valence-corrected chi connectivity index (χ3v) is 4.90. The molecule has 0 fully saturated rings. The Morgan fingerprint density at radius 1 is 0.969 bits per heavy atom. The van der Waals surface area contributed by atoms with Crippen LogP contribution in [0.4, 0.5) is 0 Å². The number of carbonyl (C=O) groups excluding carboxylic acids is 1. The van der Waals surface area contributed by atoms with E-state index < -0.39 is 0 Å². The third-order valence-electron chi connectivity index (χ3n) is 4.31. The van der Waals surface area contributed by atoms with Crippen LogP contribution in [0.1, 0.15) is 11.1 Å². The van der Waals surface area contributed by atoms with Gasteiger partial charge in [-0.3, -0.25) is 4.79 Å². The molecular weight excluding hydrogens is 476 g/mol. The van der Waals surface area contributed by atoms with Gasteiger partial charge in [0.15, 0.2) is 18.1 Å². The molecular formula is C24H23BrN2O5. The second-order valence-electron chi connectivity index (χ2n) is 6.57. The molecule has 0 aliphatic rings. The molecule has 3 aromatic carbocycles. The largest absolute Gasteiger partial charge is 0.497 e. The average Bonchev–Trinajstić information content (AvgIpc) is 2.82. The molecule has 1 N–H and O–H groups in total. The van der Waals surface area contributed by atoms with Gasteiger partial charge < -0.3 is 18.9 Å². The molecule has 0 unspecified atom stereocenters. The normalized spacial score (nSPS) is 10.6. The van der Waals surface area contributed by atoms with Crippen LogP contribution in [0.3, 0.4) is 0 Å². The zero-order chi connectivity index (χ0) is 22.8. The highest BCUT2D eigenvalue weighted by Gasteiger charge is 2.12. The van der Waals surface area contributed by atoms with Gasteiger partial charge in [0.25, 0.3) is 5.91 Å². The van der Waals surface area contributed by atoms with Gasteiger partial charge in [0, 0.05) is 0 Å². The van der Waals surface area contributed by atoms with Crippen molar-refractivity contribution in [3.05, 3.63) is 82.3 Å². The first-order chi connectivity index (χ1) is 15.6. The maximum absolute atomic E-state index is 12.0. The monoisotopic (exact) mass is 498 g/mol. The van der Waals surface area contributed by atoms with Gasteiger partial charge in [0.1, 0.15) is 18.1 Å². The van der Waals surface area contributed by atoms with Gasteiger partial charge in [-0.15, -0.1) is 0 Å². The number of benzene rings is 3. The topological polar surface area (TPSA) is 78.4 Å². The number of carbonyl (C=O) groups is 1. The van der Waals surface area contributed by atoms with Crippen molar-refractivity contribution in [2.75, 3.05) is 20.8 Å². The van der Waals surface area contributed by atoms with Gasteiger partial charge in [-0.2, -0.15) is 5.10 Å². The minimum absolute atomic E-state index is 0.164. The van der Waals surface area contributed by atoms with Gasteiger partial charge in [-0.1, -0.05) is 30.3 Å². The Kier molecular flexibility index (Phi) is 8.51. The van der Waals surface area contributed by atoms with Crippen LogP contribution < -0.4 is 24.4 Å². The van der Waals surface area contributed by atoms with Crippen LogP contribution in [0.2, 0.25) is 0 Å². The minimum atomic E-state index is -0.383. The summed E-state index contributed by atoms with van der Waals surface area (Å²) in [5.41, 5.74) is 4.20. The second-order valence-corrected chi connectivity index (χ2v) is 7.42. The van der Waals surface area contributed by atoms with Crippen molar-refractivity contribution in [1.82, 2.24) is 5.43 Å². The molecule has 3 rings (SSSR count). The molecule has 0 aromatic heterocycles. The van der Waals surface area contributed by atoms with Gasteiger partial charge in [-0.25, -0.2) is 5.43 Å². The lowest BCUT2D eigenvalue weighted by atomic mass is 10.2. The molecule has 0 saturated carbocycles. The van der Waals surface area contributed by atoms with E-state index in [1.165, 1.54) is 6.21 Å². The summed E-state index contributed by atoms with van der Waals surface area (Å²) in [6.45, 7) is 0.246. The van der Waals surface area contributed by atoms with E-state index in [1.807, 2.05) is 36.4 Å². The number of amides is 1. The fourth-order valence-corrected chi connectivity index (χ4v) is 3.29. The van der Waals surface area contributed by atoms with Gasteiger partial charge in [0.2, 0.25) is 0 Å². The second kappa shape index (κ2) is 11.8. The number of hydrogen-bond donors (Lipinski definition) is 1. The van der Waals surface area contributed by atoms with Crippen molar-refractivity contribution in [2.24, 2.45) is 5.10 Å². The van der Waals surface area contributed by atoms with Crippen LogP contribution in [0.5, 0.6) is 23.0 Å². The fraction of sp³-hybridized carbons (Fsp3) is 0.167. The van der Waals surface area contributed by atoms with Gasteiger partial charge in [-0.05, 0) is 63.5 Å². The first kappa shape index (κ1) is 23.1. The summed E-state index contributed by atoms with van der Waals surface area (Å²) in [5, 5.41) is 3.98. The minimum Gasteiger partial charge on any atom is -0.497 e. The van der Waals surface area contributed by atoms with Crippen LogP contribution in [-0.4, -0.2) is 32.9 Å². The molecule has 0 heterocycles. The highest BCUT2D eigenvalue weighted by molar-refractivity contribution is 9.10. The summed E-state index contributed by atoms with van der Waals surface area (Å²) in [6.07, 6.45) is 1.51. The summed E-state index contributed by atoms with van der Waals surface area (Å²) in [7, 11) is 3.15. The van der Waals surface area contributed by atoms with Crippen LogP contribution in [-0.2, 0) is 11.4 Å². The summed E-state index contributed by atoms with van der Waals surface area (Å²) < 4.78 is 22.6. The number of rotatable bonds is 10. The molecule has 32 heavy (non-hydrogen) atoms. The maximum atomic E-state index is 12.0. The molecule has 3 aromatic rings. The molecule has 0 spiro atoms. The van der Waals surface area contributed by atoms with E-state index in [-0.39, 0.29) is 12.5 Å². The first-order valence-electron chi connectivity index (χ1n) is 9.72. The Balaban J connectivity index is 1.55. The molecule has 0 saturated heterocycles. The number of ether oxygens (including phenoxy) is 4. The van der Waals surface area contributed by atoms with Crippen molar-refractivity contribution in [1.29, 1.82) is 0 Å². The number of hydrazone groups is 1. The molecule has 7 nitrogen and oxygen atoms in total. The molecule has 0 bridgehead atoms. The van der Waals surface area contributed by atoms with Crippen molar-refractivity contribution in [3.63, 3.8) is 0 Å². The SMILES string of the molecule is COc1ccc(OCC(=O)N/N=C\c2cc(Br)c(OCc3ccccc3)c(OC)c2)cc1. The van der Waals surface area contributed by atoms with E-state index in [0.29, 0.717) is 34.1 Å². The smallest absolute Gasteiger partial charge is 0.277 e. The zero-order valence-corrected chi connectivity index (χ0v) is 19.3. The number of nitrogens with one attached hydrogen (secondary N) is 1. The summed E-state index contributed by atoms with van der Waals surface area (Å²) in [6, 6.07) is 20.4. The number of halogens is 1. The van der Waals surface area contributed by atoms with Crippen LogP contribution >= 0.6 is 15.9 Å². The highest BCUT2D eigenvalue weighted by atomic mass is 79.9. The molecule has 166 valence electrons. The first-order valence-corrected chi connectivity index (χ1v) is 10.5. The number of methoxy groups -OCH3 is 2. The van der Waals surface area contributed by atoms with Crippen molar-refractivity contribution in [2.45, 2.75) is 6.61 Å². The molecule has 0 radical (unpaired) electrons. The van der Waals surface area contributed by atoms with E-state index >= 15 is 0 Å². The summed E-state index contributed by atoms with van der Waals surface area (Å²) in [5.74, 6) is 2.02. The lowest BCUT2D eigenvalue weighted by molar-refractivity contribution is -0.123.